The van der Waals surface area contributed by atoms with Crippen molar-refractivity contribution in [2.24, 2.45) is 0 Å². The molecule has 0 spiro atoms. The quantitative estimate of drug-likeness (QED) is 0.612. The van der Waals surface area contributed by atoms with Crippen molar-refractivity contribution in [2.75, 3.05) is 0 Å². The van der Waals surface area contributed by atoms with Gasteiger partial charge in [-0.05, 0) is 18.6 Å². The van der Waals surface area contributed by atoms with E-state index in [0.29, 0.717) is 5.56 Å². The van der Waals surface area contributed by atoms with Gasteiger partial charge in [0.2, 0.25) is 0 Å². The number of carbonyl (C=O) groups is 1. The van der Waals surface area contributed by atoms with Gasteiger partial charge in [-0.15, -0.1) is 0 Å². The first-order chi connectivity index (χ1) is 7.45. The van der Waals surface area contributed by atoms with Gasteiger partial charge in [0.05, 0.1) is 23.0 Å². The van der Waals surface area contributed by atoms with Gasteiger partial charge in [-0.2, -0.15) is 5.26 Å². The molecule has 0 aliphatic heterocycles. The van der Waals surface area contributed by atoms with Crippen molar-refractivity contribution in [3.63, 3.8) is 0 Å². The standard InChI is InChI=1S/C10H8N2O4/c1-6-2-8(5-11)7(4-10(13)14)3-9(6)12(15)16/h2-3H,4H2,1H3,(H,13,14). The van der Waals surface area contributed by atoms with Crippen molar-refractivity contribution < 1.29 is 14.8 Å². The number of hydrogen-bond acceptors (Lipinski definition) is 4. The molecule has 0 fully saturated rings. The number of aliphatic carboxylic acids is 1. The van der Waals surface area contributed by atoms with E-state index in [0.717, 1.165) is 6.07 Å². The second-order valence-electron chi connectivity index (χ2n) is 3.24. The molecule has 0 unspecified atom stereocenters. The number of hydrogen-bond donors (Lipinski definition) is 1. The second-order valence-corrected chi connectivity index (χ2v) is 3.24. The summed E-state index contributed by atoms with van der Waals surface area (Å²) in [6.45, 7) is 1.50. The van der Waals surface area contributed by atoms with Gasteiger partial charge in [0, 0.05) is 11.6 Å². The lowest BCUT2D eigenvalue weighted by Crippen LogP contribution is -2.04. The van der Waals surface area contributed by atoms with Crippen molar-refractivity contribution in [3.05, 3.63) is 38.9 Å². The summed E-state index contributed by atoms with van der Waals surface area (Å²) in [6.07, 6.45) is -0.399. The van der Waals surface area contributed by atoms with Crippen molar-refractivity contribution in [1.82, 2.24) is 0 Å². The summed E-state index contributed by atoms with van der Waals surface area (Å²) in [7, 11) is 0. The van der Waals surface area contributed by atoms with Gasteiger partial charge in [0.15, 0.2) is 0 Å². The molecule has 0 aromatic heterocycles. The summed E-state index contributed by atoms with van der Waals surface area (Å²) in [5, 5.41) is 28.0. The third kappa shape index (κ3) is 2.33. The lowest BCUT2D eigenvalue weighted by molar-refractivity contribution is -0.385. The Morgan fingerprint density at radius 3 is 2.69 bits per heavy atom. The number of nitriles is 1. The fourth-order valence-electron chi connectivity index (χ4n) is 1.35. The molecule has 0 aliphatic rings. The molecular weight excluding hydrogens is 212 g/mol. The predicted octanol–water partition coefficient (Wildman–Crippen LogP) is 1.40. The highest BCUT2D eigenvalue weighted by molar-refractivity contribution is 5.72. The van der Waals surface area contributed by atoms with Crippen LogP contribution < -0.4 is 0 Å². The van der Waals surface area contributed by atoms with E-state index in [-0.39, 0.29) is 16.8 Å². The highest BCUT2D eigenvalue weighted by Gasteiger charge is 2.16. The molecule has 16 heavy (non-hydrogen) atoms. The number of benzene rings is 1. The molecule has 6 heteroatoms. The molecule has 6 nitrogen and oxygen atoms in total. The number of aryl methyl sites for hydroxylation is 1. The van der Waals surface area contributed by atoms with Gasteiger partial charge in [-0.25, -0.2) is 0 Å². The third-order valence-corrected chi connectivity index (χ3v) is 2.08. The first-order valence-corrected chi connectivity index (χ1v) is 4.35. The molecule has 1 N–H and O–H groups in total. The Labute approximate surface area is 90.9 Å². The van der Waals surface area contributed by atoms with Crippen molar-refractivity contribution in [2.45, 2.75) is 13.3 Å². The van der Waals surface area contributed by atoms with Gasteiger partial charge in [-0.1, -0.05) is 0 Å². The predicted molar refractivity (Wildman–Crippen MR) is 53.9 cm³/mol. The molecule has 0 aliphatic carbocycles. The van der Waals surface area contributed by atoms with Crippen LogP contribution in [0, 0.1) is 28.4 Å². The summed E-state index contributed by atoms with van der Waals surface area (Å²) in [5.74, 6) is -1.13. The molecular formula is C10H8N2O4. The minimum absolute atomic E-state index is 0.158. The maximum absolute atomic E-state index is 10.6. The molecule has 0 saturated heterocycles. The summed E-state index contributed by atoms with van der Waals surface area (Å²) < 4.78 is 0. The lowest BCUT2D eigenvalue weighted by Gasteiger charge is -2.03. The minimum atomic E-state index is -1.13. The maximum Gasteiger partial charge on any atom is 0.307 e. The van der Waals surface area contributed by atoms with E-state index in [1.807, 2.05) is 6.07 Å². The number of nitro groups is 1. The Morgan fingerprint density at radius 2 is 2.25 bits per heavy atom. The van der Waals surface area contributed by atoms with Crippen LogP contribution in [0.2, 0.25) is 0 Å². The summed E-state index contributed by atoms with van der Waals surface area (Å²) in [5.41, 5.74) is 0.490. The zero-order valence-corrected chi connectivity index (χ0v) is 8.43. The van der Waals surface area contributed by atoms with Crippen molar-refractivity contribution >= 4 is 11.7 Å². The van der Waals surface area contributed by atoms with Crippen LogP contribution in [0.1, 0.15) is 16.7 Å². The van der Waals surface area contributed by atoms with E-state index in [4.69, 9.17) is 10.4 Å². The van der Waals surface area contributed by atoms with Gasteiger partial charge in [0.1, 0.15) is 0 Å². The topological polar surface area (TPSA) is 104 Å². The summed E-state index contributed by atoms with van der Waals surface area (Å²) >= 11 is 0. The average Bonchev–Trinajstić information content (AvgIpc) is 2.18. The molecule has 0 amide bonds. The smallest absolute Gasteiger partial charge is 0.307 e. The SMILES string of the molecule is Cc1cc(C#N)c(CC(=O)O)cc1[N+](=O)[O-]. The van der Waals surface area contributed by atoms with Crippen LogP contribution in [0.25, 0.3) is 0 Å². The zero-order chi connectivity index (χ0) is 12.3. The highest BCUT2D eigenvalue weighted by Crippen LogP contribution is 2.23. The van der Waals surface area contributed by atoms with Gasteiger partial charge < -0.3 is 5.11 Å². The largest absolute Gasteiger partial charge is 0.481 e. The molecule has 1 rings (SSSR count). The number of nitro benzene ring substituents is 1. The summed E-state index contributed by atoms with van der Waals surface area (Å²) in [6, 6.07) is 4.29. The van der Waals surface area contributed by atoms with E-state index in [1.165, 1.54) is 13.0 Å². The lowest BCUT2D eigenvalue weighted by atomic mass is 10.0. The number of rotatable bonds is 3. The highest BCUT2D eigenvalue weighted by atomic mass is 16.6. The minimum Gasteiger partial charge on any atom is -0.481 e. The Bertz CT molecular complexity index is 502. The number of nitrogens with zero attached hydrogens (tertiary/aromatic N) is 2. The first-order valence-electron chi connectivity index (χ1n) is 4.35. The monoisotopic (exact) mass is 220 g/mol. The van der Waals surface area contributed by atoms with Gasteiger partial charge >= 0.3 is 5.97 Å². The molecule has 0 radical (unpaired) electrons. The maximum atomic E-state index is 10.6. The zero-order valence-electron chi connectivity index (χ0n) is 8.43. The fourth-order valence-corrected chi connectivity index (χ4v) is 1.35. The molecule has 0 heterocycles. The van der Waals surface area contributed by atoms with Crippen LogP contribution in [-0.2, 0) is 11.2 Å². The van der Waals surface area contributed by atoms with E-state index >= 15 is 0 Å². The molecule has 0 saturated carbocycles. The number of carboxylic acid groups (broad SMARTS) is 1. The van der Waals surface area contributed by atoms with Crippen molar-refractivity contribution in [3.8, 4) is 6.07 Å². The average molecular weight is 220 g/mol. The molecule has 82 valence electrons. The van der Waals surface area contributed by atoms with Gasteiger partial charge in [-0.3, -0.25) is 14.9 Å². The van der Waals surface area contributed by atoms with Crippen LogP contribution in [0.15, 0.2) is 12.1 Å². The van der Waals surface area contributed by atoms with Gasteiger partial charge in [0.25, 0.3) is 5.69 Å². The van der Waals surface area contributed by atoms with E-state index < -0.39 is 17.3 Å². The Kier molecular flexibility index (Phi) is 3.20. The molecule has 0 atom stereocenters. The molecule has 1 aromatic rings. The molecule has 1 aromatic carbocycles. The van der Waals surface area contributed by atoms with Crippen molar-refractivity contribution in [1.29, 1.82) is 5.26 Å². The molecule has 0 bridgehead atoms. The van der Waals surface area contributed by atoms with Crippen LogP contribution in [-0.4, -0.2) is 16.0 Å². The normalized spacial score (nSPS) is 9.50. The Hall–Kier alpha value is -2.42. The van der Waals surface area contributed by atoms with Crippen LogP contribution in [0.5, 0.6) is 0 Å². The second kappa shape index (κ2) is 4.40. The Morgan fingerprint density at radius 1 is 1.62 bits per heavy atom. The fraction of sp³-hybridized carbons (Fsp3) is 0.200. The first kappa shape index (κ1) is 11.7. The van der Waals surface area contributed by atoms with Crippen LogP contribution in [0.4, 0.5) is 5.69 Å². The Balaban J connectivity index is 3.35. The number of carboxylic acids is 1. The van der Waals surface area contributed by atoms with Crippen LogP contribution in [0.3, 0.4) is 0 Å². The van der Waals surface area contributed by atoms with E-state index in [9.17, 15) is 14.9 Å². The summed E-state index contributed by atoms with van der Waals surface area (Å²) in [4.78, 5) is 20.6. The van der Waals surface area contributed by atoms with Crippen LogP contribution >= 0.6 is 0 Å². The third-order valence-electron chi connectivity index (χ3n) is 2.08. The van der Waals surface area contributed by atoms with E-state index in [1.54, 1.807) is 0 Å². The van der Waals surface area contributed by atoms with E-state index in [2.05, 4.69) is 0 Å².